The number of benzene rings is 1. The van der Waals surface area contributed by atoms with E-state index in [9.17, 15) is 9.59 Å². The molecule has 8 nitrogen and oxygen atoms in total. The fourth-order valence-corrected chi connectivity index (χ4v) is 2.37. The number of carbonyl (C=O) groups excluding carboxylic acids is 1. The van der Waals surface area contributed by atoms with Crippen LogP contribution in [-0.2, 0) is 11.3 Å². The highest BCUT2D eigenvalue weighted by Crippen LogP contribution is 2.29. The van der Waals surface area contributed by atoms with Crippen LogP contribution in [0.3, 0.4) is 0 Å². The molecule has 26 heavy (non-hydrogen) atoms. The lowest BCUT2D eigenvalue weighted by Crippen LogP contribution is -2.29. The van der Waals surface area contributed by atoms with Gasteiger partial charge in [-0.1, -0.05) is 0 Å². The molecule has 0 bridgehead atoms. The quantitative estimate of drug-likeness (QED) is 0.728. The number of aromatic nitrogens is 2. The predicted octanol–water partition coefficient (Wildman–Crippen LogP) is 2.16. The summed E-state index contributed by atoms with van der Waals surface area (Å²) in [4.78, 5) is 24.2. The summed E-state index contributed by atoms with van der Waals surface area (Å²) >= 11 is 0. The summed E-state index contributed by atoms with van der Waals surface area (Å²) in [5.41, 5.74) is 0.596. The first kappa shape index (κ1) is 17.3. The van der Waals surface area contributed by atoms with Gasteiger partial charge in [-0.15, -0.1) is 0 Å². The second kappa shape index (κ2) is 7.56. The van der Waals surface area contributed by atoms with Gasteiger partial charge in [-0.2, -0.15) is 5.10 Å². The van der Waals surface area contributed by atoms with Crippen LogP contribution in [0.4, 0.5) is 5.69 Å². The number of ether oxygens (including phenoxy) is 2. The number of nitrogens with one attached hydrogen (secondary N) is 1. The van der Waals surface area contributed by atoms with Gasteiger partial charge in [0.15, 0.2) is 17.3 Å². The van der Waals surface area contributed by atoms with Crippen molar-refractivity contribution in [1.82, 2.24) is 9.78 Å². The van der Waals surface area contributed by atoms with Crippen molar-refractivity contribution in [2.75, 3.05) is 19.5 Å². The molecule has 0 fully saturated rings. The first-order valence-corrected chi connectivity index (χ1v) is 7.74. The normalized spacial score (nSPS) is 10.4. The van der Waals surface area contributed by atoms with Gasteiger partial charge >= 0.3 is 0 Å². The van der Waals surface area contributed by atoms with E-state index in [2.05, 4.69) is 10.4 Å². The molecular formula is C18H17N3O5. The third-order valence-electron chi connectivity index (χ3n) is 3.60. The fraction of sp³-hybridized carbons (Fsp3) is 0.167. The number of amides is 1. The summed E-state index contributed by atoms with van der Waals surface area (Å²) in [6, 6.07) is 11.3. The van der Waals surface area contributed by atoms with E-state index >= 15 is 0 Å². The Morgan fingerprint density at radius 3 is 2.65 bits per heavy atom. The SMILES string of the molecule is COc1ccc(NC(=O)Cn2nc(-c3ccco3)ccc2=O)cc1OC. The highest BCUT2D eigenvalue weighted by Gasteiger charge is 2.11. The molecule has 0 atom stereocenters. The van der Waals surface area contributed by atoms with E-state index in [0.717, 1.165) is 4.68 Å². The Morgan fingerprint density at radius 2 is 1.96 bits per heavy atom. The third-order valence-corrected chi connectivity index (χ3v) is 3.60. The average molecular weight is 355 g/mol. The lowest BCUT2D eigenvalue weighted by atomic mass is 10.2. The first-order valence-electron chi connectivity index (χ1n) is 7.74. The van der Waals surface area contributed by atoms with Gasteiger partial charge in [-0.3, -0.25) is 9.59 Å². The molecule has 3 aromatic rings. The molecule has 1 aromatic carbocycles. The van der Waals surface area contributed by atoms with E-state index in [1.807, 2.05) is 0 Å². The van der Waals surface area contributed by atoms with Crippen LogP contribution in [-0.4, -0.2) is 29.9 Å². The lowest BCUT2D eigenvalue weighted by Gasteiger charge is -2.11. The van der Waals surface area contributed by atoms with Crippen molar-refractivity contribution >= 4 is 11.6 Å². The van der Waals surface area contributed by atoms with Gasteiger partial charge in [0, 0.05) is 17.8 Å². The summed E-state index contributed by atoms with van der Waals surface area (Å²) in [5.74, 6) is 1.15. The maximum Gasteiger partial charge on any atom is 0.267 e. The first-order chi connectivity index (χ1) is 12.6. The van der Waals surface area contributed by atoms with Crippen molar-refractivity contribution in [1.29, 1.82) is 0 Å². The number of hydrogen-bond donors (Lipinski definition) is 1. The Morgan fingerprint density at radius 1 is 1.15 bits per heavy atom. The van der Waals surface area contributed by atoms with Gasteiger partial charge in [0.25, 0.3) is 5.56 Å². The van der Waals surface area contributed by atoms with Crippen molar-refractivity contribution in [3.8, 4) is 23.0 Å². The molecule has 0 spiro atoms. The molecule has 3 rings (SSSR count). The molecule has 0 unspecified atom stereocenters. The third kappa shape index (κ3) is 3.75. The van der Waals surface area contributed by atoms with Crippen molar-refractivity contribution in [3.63, 3.8) is 0 Å². The summed E-state index contributed by atoms with van der Waals surface area (Å²) in [6.45, 7) is -0.234. The molecule has 2 aromatic heterocycles. The molecule has 1 N–H and O–H groups in total. The maximum atomic E-state index is 12.3. The Balaban J connectivity index is 1.76. The minimum absolute atomic E-state index is 0.234. The highest BCUT2D eigenvalue weighted by molar-refractivity contribution is 5.90. The zero-order valence-corrected chi connectivity index (χ0v) is 14.3. The monoisotopic (exact) mass is 355 g/mol. The number of carbonyl (C=O) groups is 1. The summed E-state index contributed by atoms with van der Waals surface area (Å²) in [5, 5.41) is 6.86. The molecule has 0 aliphatic carbocycles. The molecular weight excluding hydrogens is 338 g/mol. The molecule has 8 heteroatoms. The molecule has 1 amide bonds. The number of furan rings is 1. The van der Waals surface area contributed by atoms with E-state index in [-0.39, 0.29) is 12.1 Å². The Bertz CT molecular complexity index is 963. The van der Waals surface area contributed by atoms with Crippen LogP contribution >= 0.6 is 0 Å². The maximum absolute atomic E-state index is 12.3. The predicted molar refractivity (Wildman–Crippen MR) is 94.4 cm³/mol. The van der Waals surface area contributed by atoms with Gasteiger partial charge in [0.1, 0.15) is 12.2 Å². The van der Waals surface area contributed by atoms with Crippen LogP contribution in [0.2, 0.25) is 0 Å². The van der Waals surface area contributed by atoms with Crippen LogP contribution in [0.25, 0.3) is 11.5 Å². The average Bonchev–Trinajstić information content (AvgIpc) is 3.18. The van der Waals surface area contributed by atoms with Gasteiger partial charge in [-0.05, 0) is 30.3 Å². The highest BCUT2D eigenvalue weighted by atomic mass is 16.5. The van der Waals surface area contributed by atoms with E-state index in [0.29, 0.717) is 28.6 Å². The number of hydrogen-bond acceptors (Lipinski definition) is 6. The van der Waals surface area contributed by atoms with Gasteiger partial charge in [0.05, 0.1) is 20.5 Å². The van der Waals surface area contributed by atoms with Gasteiger partial charge < -0.3 is 19.2 Å². The zero-order valence-electron chi connectivity index (χ0n) is 14.3. The van der Waals surface area contributed by atoms with Crippen molar-refractivity contribution in [3.05, 3.63) is 59.1 Å². The van der Waals surface area contributed by atoms with Crippen LogP contribution in [0.15, 0.2) is 57.9 Å². The van der Waals surface area contributed by atoms with Crippen LogP contribution in [0.5, 0.6) is 11.5 Å². The standard InChI is InChI=1S/C18H17N3O5/c1-24-15-7-5-12(10-16(15)25-2)19-17(22)11-21-18(23)8-6-13(20-21)14-4-3-9-26-14/h3-10H,11H2,1-2H3,(H,19,22). The van der Waals surface area contributed by atoms with Crippen LogP contribution < -0.4 is 20.3 Å². The van der Waals surface area contributed by atoms with Crippen molar-refractivity contribution < 1.29 is 18.7 Å². The van der Waals surface area contributed by atoms with Crippen molar-refractivity contribution in [2.24, 2.45) is 0 Å². The fourth-order valence-electron chi connectivity index (χ4n) is 2.37. The molecule has 0 aliphatic heterocycles. The van der Waals surface area contributed by atoms with Crippen LogP contribution in [0.1, 0.15) is 0 Å². The summed E-state index contributed by atoms with van der Waals surface area (Å²) in [7, 11) is 3.03. The Labute approximate surface area is 149 Å². The van der Waals surface area contributed by atoms with E-state index < -0.39 is 5.91 Å². The minimum atomic E-state index is -0.400. The second-order valence-electron chi connectivity index (χ2n) is 5.31. The summed E-state index contributed by atoms with van der Waals surface area (Å²) < 4.78 is 16.7. The second-order valence-corrected chi connectivity index (χ2v) is 5.31. The van der Waals surface area contributed by atoms with Crippen molar-refractivity contribution in [2.45, 2.75) is 6.54 Å². The number of nitrogens with zero attached hydrogens (tertiary/aromatic N) is 2. The lowest BCUT2D eigenvalue weighted by molar-refractivity contribution is -0.117. The van der Waals surface area contributed by atoms with Gasteiger partial charge in [-0.25, -0.2) is 4.68 Å². The summed E-state index contributed by atoms with van der Waals surface area (Å²) in [6.07, 6.45) is 1.51. The zero-order chi connectivity index (χ0) is 18.5. The van der Waals surface area contributed by atoms with E-state index in [4.69, 9.17) is 13.9 Å². The largest absolute Gasteiger partial charge is 0.493 e. The molecule has 0 radical (unpaired) electrons. The Kier molecular flexibility index (Phi) is 5.02. The molecule has 0 saturated heterocycles. The van der Waals surface area contributed by atoms with Crippen LogP contribution in [0, 0.1) is 0 Å². The molecule has 134 valence electrons. The topological polar surface area (TPSA) is 95.6 Å². The smallest absolute Gasteiger partial charge is 0.267 e. The molecule has 0 aliphatic rings. The Hall–Kier alpha value is -3.55. The minimum Gasteiger partial charge on any atom is -0.493 e. The van der Waals surface area contributed by atoms with E-state index in [1.54, 1.807) is 36.4 Å². The van der Waals surface area contributed by atoms with Gasteiger partial charge in [0.2, 0.25) is 5.91 Å². The number of anilines is 1. The molecule has 2 heterocycles. The number of rotatable bonds is 6. The molecule has 0 saturated carbocycles. The van der Waals surface area contributed by atoms with E-state index in [1.165, 1.54) is 26.5 Å². The number of methoxy groups -OCH3 is 2.